The number of hydrogen-bond acceptors (Lipinski definition) is 2. The maximum atomic E-state index is 3.69. The van der Waals surface area contributed by atoms with Crippen LogP contribution >= 0.6 is 11.3 Å². The van der Waals surface area contributed by atoms with Crippen LogP contribution in [0.3, 0.4) is 0 Å². The highest BCUT2D eigenvalue weighted by Crippen LogP contribution is 2.38. The van der Waals surface area contributed by atoms with E-state index in [-0.39, 0.29) is 0 Å². The van der Waals surface area contributed by atoms with Crippen LogP contribution in [-0.2, 0) is 0 Å². The van der Waals surface area contributed by atoms with E-state index in [1.807, 2.05) is 11.3 Å². The van der Waals surface area contributed by atoms with E-state index < -0.39 is 0 Å². The molecule has 1 atom stereocenters. The van der Waals surface area contributed by atoms with Crippen LogP contribution in [0.5, 0.6) is 0 Å². The Hall–Kier alpha value is -0.340. The van der Waals surface area contributed by atoms with Gasteiger partial charge in [0.1, 0.15) is 0 Å². The average molecular weight is 251 g/mol. The zero-order valence-corrected chi connectivity index (χ0v) is 11.9. The fourth-order valence-corrected chi connectivity index (χ4v) is 3.85. The zero-order chi connectivity index (χ0) is 12.1. The molecule has 17 heavy (non-hydrogen) atoms. The molecule has 1 saturated carbocycles. The van der Waals surface area contributed by atoms with Crippen LogP contribution in [0.25, 0.3) is 0 Å². The van der Waals surface area contributed by atoms with Gasteiger partial charge in [-0.2, -0.15) is 11.3 Å². The molecule has 1 aliphatic carbocycles. The summed E-state index contributed by atoms with van der Waals surface area (Å²) in [6.45, 7) is 5.64. The monoisotopic (exact) mass is 251 g/mol. The number of hydrogen-bond donors (Lipinski definition) is 1. The van der Waals surface area contributed by atoms with Gasteiger partial charge in [-0.25, -0.2) is 0 Å². The molecule has 1 aromatic rings. The van der Waals surface area contributed by atoms with E-state index in [4.69, 9.17) is 0 Å². The van der Waals surface area contributed by atoms with Crippen molar-refractivity contribution in [1.82, 2.24) is 5.32 Å². The van der Waals surface area contributed by atoms with Crippen molar-refractivity contribution in [1.29, 1.82) is 0 Å². The molecule has 96 valence electrons. The molecule has 1 nitrogen and oxygen atoms in total. The molecule has 1 heterocycles. The summed E-state index contributed by atoms with van der Waals surface area (Å²) in [5.41, 5.74) is 1.51. The van der Waals surface area contributed by atoms with Gasteiger partial charge in [-0.3, -0.25) is 0 Å². The Balaban J connectivity index is 1.98. The lowest BCUT2D eigenvalue weighted by atomic mass is 9.76. The lowest BCUT2D eigenvalue weighted by molar-refractivity contribution is 0.220. The third-order valence-corrected chi connectivity index (χ3v) is 4.97. The third-order valence-electron chi connectivity index (χ3n) is 4.27. The molecular formula is C15H25NS. The summed E-state index contributed by atoms with van der Waals surface area (Å²) in [7, 11) is 0. The standard InChI is InChI=1S/C15H25NS/c1-3-12-5-7-13(8-6-12)15(16-4-2)14-9-10-17-11-14/h9-13,15-16H,3-8H2,1-2H3. The molecule has 0 radical (unpaired) electrons. The second-order valence-electron chi connectivity index (χ2n) is 5.28. The molecule has 0 bridgehead atoms. The Morgan fingerprint density at radius 1 is 1.29 bits per heavy atom. The van der Waals surface area contributed by atoms with Crippen LogP contribution in [0, 0.1) is 11.8 Å². The van der Waals surface area contributed by atoms with Crippen molar-refractivity contribution >= 4 is 11.3 Å². The molecule has 0 aliphatic heterocycles. The summed E-state index contributed by atoms with van der Waals surface area (Å²) in [6.07, 6.45) is 7.06. The summed E-state index contributed by atoms with van der Waals surface area (Å²) in [5.74, 6) is 1.85. The van der Waals surface area contributed by atoms with Crippen LogP contribution in [0.4, 0.5) is 0 Å². The number of thiophene rings is 1. The Morgan fingerprint density at radius 2 is 2.06 bits per heavy atom. The molecule has 1 N–H and O–H groups in total. The molecule has 2 heteroatoms. The van der Waals surface area contributed by atoms with Crippen LogP contribution in [0.1, 0.15) is 57.6 Å². The Labute approximate surface area is 110 Å². The highest BCUT2D eigenvalue weighted by molar-refractivity contribution is 7.07. The molecule has 1 fully saturated rings. The van der Waals surface area contributed by atoms with Gasteiger partial charge in [0, 0.05) is 6.04 Å². The predicted octanol–water partition coefficient (Wildman–Crippen LogP) is 4.62. The predicted molar refractivity (Wildman–Crippen MR) is 76.5 cm³/mol. The van der Waals surface area contributed by atoms with Crippen LogP contribution < -0.4 is 5.32 Å². The maximum absolute atomic E-state index is 3.69. The molecule has 0 saturated heterocycles. The first-order valence-corrected chi connectivity index (χ1v) is 8.04. The maximum Gasteiger partial charge on any atom is 0.0356 e. The molecule has 1 aromatic heterocycles. The molecule has 1 unspecified atom stereocenters. The van der Waals surface area contributed by atoms with E-state index in [1.54, 1.807) is 0 Å². The van der Waals surface area contributed by atoms with E-state index in [9.17, 15) is 0 Å². The first-order valence-electron chi connectivity index (χ1n) is 7.10. The van der Waals surface area contributed by atoms with Crippen molar-refractivity contribution in [3.63, 3.8) is 0 Å². The summed E-state index contributed by atoms with van der Waals surface area (Å²) < 4.78 is 0. The lowest BCUT2D eigenvalue weighted by Gasteiger charge is -2.34. The van der Waals surface area contributed by atoms with Crippen molar-refractivity contribution in [2.24, 2.45) is 11.8 Å². The van der Waals surface area contributed by atoms with Crippen molar-refractivity contribution < 1.29 is 0 Å². The van der Waals surface area contributed by atoms with Crippen molar-refractivity contribution in [3.8, 4) is 0 Å². The van der Waals surface area contributed by atoms with Crippen LogP contribution in [0.2, 0.25) is 0 Å². The Morgan fingerprint density at radius 3 is 2.59 bits per heavy atom. The third kappa shape index (κ3) is 3.32. The fraction of sp³-hybridized carbons (Fsp3) is 0.733. The molecule has 1 aliphatic rings. The zero-order valence-electron chi connectivity index (χ0n) is 11.1. The molecular weight excluding hydrogens is 226 g/mol. The summed E-state index contributed by atoms with van der Waals surface area (Å²) in [4.78, 5) is 0. The first kappa shape index (κ1) is 13.1. The van der Waals surface area contributed by atoms with Crippen LogP contribution in [0.15, 0.2) is 16.8 Å². The highest BCUT2D eigenvalue weighted by atomic mass is 32.1. The van der Waals surface area contributed by atoms with Gasteiger partial charge in [0.05, 0.1) is 0 Å². The second-order valence-corrected chi connectivity index (χ2v) is 6.06. The van der Waals surface area contributed by atoms with E-state index >= 15 is 0 Å². The molecule has 0 aromatic carbocycles. The minimum absolute atomic E-state index is 0.601. The van der Waals surface area contributed by atoms with Gasteiger partial charge in [-0.05, 0) is 53.6 Å². The second kappa shape index (κ2) is 6.55. The van der Waals surface area contributed by atoms with Gasteiger partial charge in [0.2, 0.25) is 0 Å². The van der Waals surface area contributed by atoms with Gasteiger partial charge in [0.15, 0.2) is 0 Å². The smallest absolute Gasteiger partial charge is 0.0356 e. The molecule has 0 amide bonds. The SMILES string of the molecule is CCNC(c1ccsc1)C1CCC(CC)CC1. The minimum atomic E-state index is 0.601. The normalized spacial score (nSPS) is 26.9. The van der Waals surface area contributed by atoms with Crippen molar-refractivity contribution in [3.05, 3.63) is 22.4 Å². The number of nitrogens with one attached hydrogen (secondary N) is 1. The van der Waals surface area contributed by atoms with Gasteiger partial charge < -0.3 is 5.32 Å². The largest absolute Gasteiger partial charge is 0.310 e. The highest BCUT2D eigenvalue weighted by Gasteiger charge is 2.27. The summed E-state index contributed by atoms with van der Waals surface area (Å²) >= 11 is 1.82. The Bertz CT molecular complexity index is 299. The fourth-order valence-electron chi connectivity index (χ4n) is 3.16. The van der Waals surface area contributed by atoms with E-state index in [1.165, 1.54) is 37.7 Å². The van der Waals surface area contributed by atoms with E-state index in [0.29, 0.717) is 6.04 Å². The average Bonchev–Trinajstić information content (AvgIpc) is 2.90. The van der Waals surface area contributed by atoms with Gasteiger partial charge in [-0.15, -0.1) is 0 Å². The van der Waals surface area contributed by atoms with E-state index in [2.05, 4.69) is 36.0 Å². The lowest BCUT2D eigenvalue weighted by Crippen LogP contribution is -2.30. The summed E-state index contributed by atoms with van der Waals surface area (Å²) in [6, 6.07) is 2.90. The van der Waals surface area contributed by atoms with E-state index in [0.717, 1.165) is 18.4 Å². The topological polar surface area (TPSA) is 12.0 Å². The Kier molecular flexibility index (Phi) is 5.05. The van der Waals surface area contributed by atoms with Crippen molar-refractivity contribution in [2.75, 3.05) is 6.54 Å². The first-order chi connectivity index (χ1) is 8.35. The molecule has 0 spiro atoms. The minimum Gasteiger partial charge on any atom is -0.310 e. The van der Waals surface area contributed by atoms with Gasteiger partial charge in [0.25, 0.3) is 0 Å². The molecule has 2 rings (SSSR count). The van der Waals surface area contributed by atoms with Gasteiger partial charge >= 0.3 is 0 Å². The van der Waals surface area contributed by atoms with Crippen molar-refractivity contribution in [2.45, 2.75) is 52.0 Å². The van der Waals surface area contributed by atoms with Crippen LogP contribution in [-0.4, -0.2) is 6.54 Å². The quantitative estimate of drug-likeness (QED) is 0.805. The summed E-state index contributed by atoms with van der Waals surface area (Å²) in [5, 5.41) is 8.22. The number of rotatable bonds is 5. The van der Waals surface area contributed by atoms with Gasteiger partial charge in [-0.1, -0.05) is 33.1 Å².